The van der Waals surface area contributed by atoms with Crippen LogP contribution in [0.5, 0.6) is 0 Å². The number of amides is 1. The number of sulfonamides is 1. The van der Waals surface area contributed by atoms with Crippen molar-refractivity contribution >= 4 is 33.2 Å². The molecule has 2 aromatic rings. The summed E-state index contributed by atoms with van der Waals surface area (Å²) in [7, 11) is -1.94. The van der Waals surface area contributed by atoms with Gasteiger partial charge >= 0.3 is 0 Å². The number of anilines is 1. The molecule has 0 aliphatic heterocycles. The summed E-state index contributed by atoms with van der Waals surface area (Å²) >= 11 is 6.19. The Morgan fingerprint density at radius 2 is 1.79 bits per heavy atom. The second-order valence-electron chi connectivity index (χ2n) is 7.15. The molecule has 0 heterocycles. The van der Waals surface area contributed by atoms with E-state index in [1.54, 1.807) is 12.1 Å². The van der Waals surface area contributed by atoms with E-state index in [9.17, 15) is 13.2 Å². The third-order valence-corrected chi connectivity index (χ3v) is 6.15. The lowest BCUT2D eigenvalue weighted by Gasteiger charge is -2.17. The van der Waals surface area contributed by atoms with Gasteiger partial charge in [-0.15, -0.1) is 0 Å². The number of nitrogens with one attached hydrogen (secondary N) is 1. The molecule has 5 nitrogen and oxygen atoms in total. The molecule has 28 heavy (non-hydrogen) atoms. The molecule has 0 unspecified atom stereocenters. The van der Waals surface area contributed by atoms with E-state index in [0.717, 1.165) is 23.4 Å². The average molecular weight is 423 g/mol. The van der Waals surface area contributed by atoms with Crippen LogP contribution in [0.1, 0.15) is 47.7 Å². The summed E-state index contributed by atoms with van der Waals surface area (Å²) in [6.45, 7) is 4.87. The normalized spacial score (nSPS) is 11.5. The van der Waals surface area contributed by atoms with Gasteiger partial charge in [-0.05, 0) is 48.1 Å². The quantitative estimate of drug-likeness (QED) is 0.647. The Morgan fingerprint density at radius 3 is 2.32 bits per heavy atom. The van der Waals surface area contributed by atoms with Crippen molar-refractivity contribution in [2.24, 2.45) is 0 Å². The van der Waals surface area contributed by atoms with Crippen LogP contribution in [-0.4, -0.2) is 34.2 Å². The lowest BCUT2D eigenvalue weighted by molar-refractivity contribution is 0.0953. The number of rotatable bonds is 8. The average Bonchev–Trinajstić information content (AvgIpc) is 2.64. The van der Waals surface area contributed by atoms with Crippen LogP contribution in [0.2, 0.25) is 5.02 Å². The maximum Gasteiger partial charge on any atom is 0.252 e. The molecule has 1 N–H and O–H groups in total. The van der Waals surface area contributed by atoms with Crippen molar-refractivity contribution < 1.29 is 13.2 Å². The second kappa shape index (κ2) is 9.43. The fourth-order valence-electron chi connectivity index (χ4n) is 2.73. The van der Waals surface area contributed by atoms with Crippen LogP contribution in [0.15, 0.2) is 42.5 Å². The minimum Gasteiger partial charge on any atom is -0.352 e. The van der Waals surface area contributed by atoms with Gasteiger partial charge in [-0.25, -0.2) is 8.42 Å². The highest BCUT2D eigenvalue weighted by atomic mass is 35.5. The predicted molar refractivity (Wildman–Crippen MR) is 116 cm³/mol. The molecule has 152 valence electrons. The van der Waals surface area contributed by atoms with Crippen molar-refractivity contribution in [1.29, 1.82) is 0 Å². The predicted octanol–water partition coefficient (Wildman–Crippen LogP) is 4.22. The highest BCUT2D eigenvalue weighted by Gasteiger charge is 2.16. The van der Waals surface area contributed by atoms with Crippen molar-refractivity contribution in [2.75, 3.05) is 24.2 Å². The molecule has 0 radical (unpaired) electrons. The minimum atomic E-state index is -3.38. The molecule has 7 heteroatoms. The molecule has 0 saturated heterocycles. The number of benzene rings is 2. The number of halogens is 1. The number of aryl methyl sites for hydroxylation is 1. The number of hydrogen-bond donors (Lipinski definition) is 1. The van der Waals surface area contributed by atoms with Crippen molar-refractivity contribution in [2.45, 2.75) is 32.6 Å². The molecule has 0 aromatic heterocycles. The zero-order valence-corrected chi connectivity index (χ0v) is 18.3. The molecule has 2 aromatic carbocycles. The summed E-state index contributed by atoms with van der Waals surface area (Å²) < 4.78 is 24.3. The van der Waals surface area contributed by atoms with Crippen LogP contribution in [0.3, 0.4) is 0 Å². The molecule has 0 atom stereocenters. The summed E-state index contributed by atoms with van der Waals surface area (Å²) in [6.07, 6.45) is 2.81. The van der Waals surface area contributed by atoms with Crippen molar-refractivity contribution in [3.05, 3.63) is 64.2 Å². The summed E-state index contributed by atoms with van der Waals surface area (Å²) in [6, 6.07) is 13.1. The van der Waals surface area contributed by atoms with E-state index in [0.29, 0.717) is 23.7 Å². The smallest absolute Gasteiger partial charge is 0.252 e. The monoisotopic (exact) mass is 422 g/mol. The second-order valence-corrected chi connectivity index (χ2v) is 9.57. The Labute approximate surface area is 172 Å². The van der Waals surface area contributed by atoms with Crippen LogP contribution in [0, 0.1) is 0 Å². The molecule has 0 fully saturated rings. The topological polar surface area (TPSA) is 66.5 Å². The minimum absolute atomic E-state index is 0.217. The van der Waals surface area contributed by atoms with E-state index in [4.69, 9.17) is 11.6 Å². The van der Waals surface area contributed by atoms with Gasteiger partial charge < -0.3 is 5.32 Å². The first-order chi connectivity index (χ1) is 13.1. The Bertz CT molecular complexity index is 925. The van der Waals surface area contributed by atoms with Crippen LogP contribution >= 0.6 is 11.6 Å². The molecular weight excluding hydrogens is 396 g/mol. The molecule has 0 aliphatic rings. The lowest BCUT2D eigenvalue weighted by Crippen LogP contribution is -2.26. The Hall–Kier alpha value is -2.05. The van der Waals surface area contributed by atoms with E-state index in [1.807, 2.05) is 0 Å². The van der Waals surface area contributed by atoms with Crippen LogP contribution in [0.25, 0.3) is 0 Å². The van der Waals surface area contributed by atoms with Gasteiger partial charge in [-0.2, -0.15) is 0 Å². The van der Waals surface area contributed by atoms with Gasteiger partial charge in [0.1, 0.15) is 0 Å². The third-order valence-electron chi connectivity index (χ3n) is 4.63. The van der Waals surface area contributed by atoms with E-state index in [1.165, 1.54) is 24.2 Å². The first-order valence-electron chi connectivity index (χ1n) is 9.20. The molecule has 0 aliphatic carbocycles. The Balaban J connectivity index is 1.89. The summed E-state index contributed by atoms with van der Waals surface area (Å²) in [4.78, 5) is 12.3. The molecule has 0 spiro atoms. The summed E-state index contributed by atoms with van der Waals surface area (Å²) in [5.41, 5.74) is 3.30. The fourth-order valence-corrected chi connectivity index (χ4v) is 3.49. The van der Waals surface area contributed by atoms with Crippen LogP contribution in [0.4, 0.5) is 5.69 Å². The Morgan fingerprint density at radius 1 is 1.14 bits per heavy atom. The first kappa shape index (κ1) is 22.2. The molecule has 1 amide bonds. The SMILES string of the molecule is CC(C)c1ccc(CCCNC(=O)c2ccc(N(C)S(C)(=O)=O)cc2Cl)cc1. The number of carbonyl (C=O) groups is 1. The zero-order chi connectivity index (χ0) is 20.9. The number of nitrogens with zero attached hydrogens (tertiary/aromatic N) is 1. The maximum atomic E-state index is 12.3. The summed E-state index contributed by atoms with van der Waals surface area (Å²) in [5, 5.41) is 3.08. The van der Waals surface area contributed by atoms with Crippen molar-refractivity contribution in [3.8, 4) is 0 Å². The third kappa shape index (κ3) is 5.97. The lowest BCUT2D eigenvalue weighted by atomic mass is 10.0. The van der Waals surface area contributed by atoms with E-state index < -0.39 is 10.0 Å². The van der Waals surface area contributed by atoms with E-state index >= 15 is 0 Å². The summed E-state index contributed by atoms with van der Waals surface area (Å²) in [5.74, 6) is 0.246. The van der Waals surface area contributed by atoms with Gasteiger partial charge in [0.05, 0.1) is 22.5 Å². The van der Waals surface area contributed by atoms with E-state index in [-0.39, 0.29) is 10.9 Å². The molecule has 0 saturated carbocycles. The van der Waals surface area contributed by atoms with Gasteiger partial charge in [0, 0.05) is 13.6 Å². The molecular formula is C21H27ClN2O3S. The van der Waals surface area contributed by atoms with Gasteiger partial charge in [-0.3, -0.25) is 9.10 Å². The zero-order valence-electron chi connectivity index (χ0n) is 16.7. The van der Waals surface area contributed by atoms with Crippen LogP contribution < -0.4 is 9.62 Å². The van der Waals surface area contributed by atoms with Crippen molar-refractivity contribution in [3.63, 3.8) is 0 Å². The molecule has 0 bridgehead atoms. The van der Waals surface area contributed by atoms with Crippen molar-refractivity contribution in [1.82, 2.24) is 5.32 Å². The highest BCUT2D eigenvalue weighted by molar-refractivity contribution is 7.92. The highest BCUT2D eigenvalue weighted by Crippen LogP contribution is 2.24. The number of carbonyl (C=O) groups excluding carboxylic acids is 1. The first-order valence-corrected chi connectivity index (χ1v) is 11.4. The van der Waals surface area contributed by atoms with Crippen LogP contribution in [-0.2, 0) is 16.4 Å². The van der Waals surface area contributed by atoms with Gasteiger partial charge in [0.25, 0.3) is 5.91 Å². The van der Waals surface area contributed by atoms with E-state index in [2.05, 4.69) is 43.4 Å². The van der Waals surface area contributed by atoms with Gasteiger partial charge in [-0.1, -0.05) is 49.7 Å². The Kier molecular flexibility index (Phi) is 7.49. The fraction of sp³-hybridized carbons (Fsp3) is 0.381. The maximum absolute atomic E-state index is 12.3. The largest absolute Gasteiger partial charge is 0.352 e. The van der Waals surface area contributed by atoms with Gasteiger partial charge in [0.2, 0.25) is 10.0 Å². The van der Waals surface area contributed by atoms with Gasteiger partial charge in [0.15, 0.2) is 0 Å². The number of hydrogen-bond acceptors (Lipinski definition) is 3. The standard InChI is InChI=1S/C21H27ClN2O3S/c1-15(2)17-9-7-16(8-10-17)6-5-13-23-21(25)19-12-11-18(14-20(19)22)24(3)28(4,26)27/h7-12,14-15H,5-6,13H2,1-4H3,(H,23,25). The molecule has 2 rings (SSSR count).